The van der Waals surface area contributed by atoms with Crippen molar-refractivity contribution in [3.05, 3.63) is 35.4 Å². The van der Waals surface area contributed by atoms with Crippen LogP contribution < -0.4 is 0 Å². The molecule has 0 bridgehead atoms. The van der Waals surface area contributed by atoms with Crippen molar-refractivity contribution in [1.82, 2.24) is 0 Å². The smallest absolute Gasteiger partial charge is 0.0588 e. The van der Waals surface area contributed by atoms with Crippen LogP contribution in [0, 0.1) is 0 Å². The fourth-order valence-corrected chi connectivity index (χ4v) is 4.27. The standard InChI is InChI=1S/C17H23ClO/c1-13-8-9-15(19-13)11-17(12-18)10-4-6-14-5-2-3-7-16(14)17/h2-3,5,7,13,15H,4,6,8-12H2,1H3. The van der Waals surface area contributed by atoms with Gasteiger partial charge in [0, 0.05) is 11.3 Å². The summed E-state index contributed by atoms with van der Waals surface area (Å²) in [5, 5.41) is 0. The molecule has 19 heavy (non-hydrogen) atoms. The van der Waals surface area contributed by atoms with Crippen LogP contribution in [0.15, 0.2) is 24.3 Å². The molecular formula is C17H23ClO. The van der Waals surface area contributed by atoms with E-state index in [4.69, 9.17) is 16.3 Å². The zero-order valence-electron chi connectivity index (χ0n) is 11.7. The summed E-state index contributed by atoms with van der Waals surface area (Å²) in [4.78, 5) is 0. The first-order valence-corrected chi connectivity index (χ1v) is 8.07. The van der Waals surface area contributed by atoms with Crippen molar-refractivity contribution in [2.24, 2.45) is 0 Å². The van der Waals surface area contributed by atoms with E-state index in [1.807, 2.05) is 0 Å². The van der Waals surface area contributed by atoms with E-state index >= 15 is 0 Å². The minimum absolute atomic E-state index is 0.144. The van der Waals surface area contributed by atoms with E-state index in [2.05, 4.69) is 31.2 Å². The van der Waals surface area contributed by atoms with E-state index in [1.165, 1.54) is 43.2 Å². The van der Waals surface area contributed by atoms with Crippen LogP contribution in [0.25, 0.3) is 0 Å². The molecule has 1 saturated heterocycles. The van der Waals surface area contributed by atoms with Gasteiger partial charge in [0.2, 0.25) is 0 Å². The fourth-order valence-electron chi connectivity index (χ4n) is 3.88. The van der Waals surface area contributed by atoms with E-state index in [9.17, 15) is 0 Å². The lowest BCUT2D eigenvalue weighted by molar-refractivity contribution is 0.0358. The maximum absolute atomic E-state index is 6.42. The Balaban J connectivity index is 1.87. The number of hydrogen-bond acceptors (Lipinski definition) is 1. The van der Waals surface area contributed by atoms with E-state index < -0.39 is 0 Å². The Hall–Kier alpha value is -0.530. The molecular weight excluding hydrogens is 256 g/mol. The highest BCUT2D eigenvalue weighted by atomic mass is 35.5. The van der Waals surface area contributed by atoms with Crippen molar-refractivity contribution in [2.75, 3.05) is 5.88 Å². The molecule has 2 heteroatoms. The highest BCUT2D eigenvalue weighted by Gasteiger charge is 2.39. The lowest BCUT2D eigenvalue weighted by Gasteiger charge is -2.39. The van der Waals surface area contributed by atoms with Gasteiger partial charge < -0.3 is 4.74 Å². The van der Waals surface area contributed by atoms with Crippen molar-refractivity contribution >= 4 is 11.6 Å². The molecule has 0 radical (unpaired) electrons. The first kappa shape index (κ1) is 13.5. The predicted molar refractivity (Wildman–Crippen MR) is 80.0 cm³/mol. The largest absolute Gasteiger partial charge is 0.375 e. The molecule has 0 N–H and O–H groups in total. The summed E-state index contributed by atoms with van der Waals surface area (Å²) in [7, 11) is 0. The van der Waals surface area contributed by atoms with Crippen LogP contribution in [-0.2, 0) is 16.6 Å². The number of halogens is 1. The number of ether oxygens (including phenoxy) is 1. The molecule has 1 fully saturated rings. The second-order valence-corrected chi connectivity index (χ2v) is 6.54. The van der Waals surface area contributed by atoms with Crippen LogP contribution in [0.5, 0.6) is 0 Å². The summed E-state index contributed by atoms with van der Waals surface area (Å²) in [6, 6.07) is 8.87. The summed E-state index contributed by atoms with van der Waals surface area (Å²) < 4.78 is 6.05. The molecule has 1 aliphatic heterocycles. The molecule has 104 valence electrons. The van der Waals surface area contributed by atoms with Crippen molar-refractivity contribution < 1.29 is 4.74 Å². The molecule has 3 unspecified atom stereocenters. The summed E-state index contributed by atoms with van der Waals surface area (Å²) in [5.41, 5.74) is 3.13. The van der Waals surface area contributed by atoms with Crippen molar-refractivity contribution in [3.63, 3.8) is 0 Å². The fraction of sp³-hybridized carbons (Fsp3) is 0.647. The molecule has 0 amide bonds. The van der Waals surface area contributed by atoms with E-state index in [1.54, 1.807) is 0 Å². The minimum Gasteiger partial charge on any atom is -0.375 e. The van der Waals surface area contributed by atoms with Gasteiger partial charge in [-0.2, -0.15) is 0 Å². The first-order valence-electron chi connectivity index (χ1n) is 7.53. The minimum atomic E-state index is 0.144. The Kier molecular flexibility index (Phi) is 3.86. The van der Waals surface area contributed by atoms with Crippen LogP contribution in [0.1, 0.15) is 50.2 Å². The monoisotopic (exact) mass is 278 g/mol. The summed E-state index contributed by atoms with van der Waals surface area (Å²) in [6.07, 6.45) is 7.99. The van der Waals surface area contributed by atoms with E-state index in [0.29, 0.717) is 12.2 Å². The van der Waals surface area contributed by atoms with Crippen molar-refractivity contribution in [2.45, 2.75) is 63.1 Å². The Morgan fingerprint density at radius 2 is 2.16 bits per heavy atom. The van der Waals surface area contributed by atoms with Gasteiger partial charge in [-0.3, -0.25) is 0 Å². The van der Waals surface area contributed by atoms with Crippen molar-refractivity contribution in [3.8, 4) is 0 Å². The molecule has 2 aliphatic rings. The van der Waals surface area contributed by atoms with Gasteiger partial charge >= 0.3 is 0 Å². The number of benzene rings is 1. The number of hydrogen-bond donors (Lipinski definition) is 0. The van der Waals surface area contributed by atoms with Crippen LogP contribution in [-0.4, -0.2) is 18.1 Å². The van der Waals surface area contributed by atoms with Gasteiger partial charge in [-0.05, 0) is 56.6 Å². The molecule has 1 aromatic carbocycles. The topological polar surface area (TPSA) is 9.23 Å². The predicted octanol–water partition coefficient (Wildman–Crippen LogP) is 4.46. The average molecular weight is 279 g/mol. The quantitative estimate of drug-likeness (QED) is 0.742. The lowest BCUT2D eigenvalue weighted by atomic mass is 9.68. The molecule has 1 nitrogen and oxygen atoms in total. The van der Waals surface area contributed by atoms with Gasteiger partial charge in [0.25, 0.3) is 0 Å². The first-order chi connectivity index (χ1) is 9.23. The second-order valence-electron chi connectivity index (χ2n) is 6.27. The van der Waals surface area contributed by atoms with Crippen LogP contribution in [0.3, 0.4) is 0 Å². The highest BCUT2D eigenvalue weighted by Crippen LogP contribution is 2.43. The molecule has 3 atom stereocenters. The van der Waals surface area contributed by atoms with Crippen LogP contribution >= 0.6 is 11.6 Å². The maximum Gasteiger partial charge on any atom is 0.0588 e. The Labute approximate surface area is 121 Å². The molecule has 3 rings (SSSR count). The van der Waals surface area contributed by atoms with Crippen LogP contribution in [0.2, 0.25) is 0 Å². The molecule has 0 saturated carbocycles. The average Bonchev–Trinajstić information content (AvgIpc) is 2.84. The van der Waals surface area contributed by atoms with Gasteiger partial charge in [0.1, 0.15) is 0 Å². The highest BCUT2D eigenvalue weighted by molar-refractivity contribution is 6.18. The third kappa shape index (κ3) is 2.55. The summed E-state index contributed by atoms with van der Waals surface area (Å²) in [5.74, 6) is 0.720. The van der Waals surface area contributed by atoms with E-state index in [0.717, 1.165) is 12.3 Å². The third-order valence-electron chi connectivity index (χ3n) is 4.88. The summed E-state index contributed by atoms with van der Waals surface area (Å²) >= 11 is 6.42. The zero-order valence-corrected chi connectivity index (χ0v) is 12.5. The second kappa shape index (κ2) is 5.46. The lowest BCUT2D eigenvalue weighted by Crippen LogP contribution is -2.36. The van der Waals surface area contributed by atoms with Gasteiger partial charge in [-0.15, -0.1) is 11.6 Å². The molecule has 1 heterocycles. The summed E-state index contributed by atoms with van der Waals surface area (Å²) in [6.45, 7) is 2.18. The molecule has 0 spiro atoms. The van der Waals surface area contributed by atoms with Gasteiger partial charge in [0.15, 0.2) is 0 Å². The van der Waals surface area contributed by atoms with E-state index in [-0.39, 0.29) is 5.41 Å². The zero-order chi connectivity index (χ0) is 13.3. The Morgan fingerprint density at radius 1 is 1.32 bits per heavy atom. The SMILES string of the molecule is CC1CCC(CC2(CCl)CCCc3ccccc32)O1. The Bertz CT molecular complexity index is 445. The van der Waals surface area contributed by atoms with Gasteiger partial charge in [-0.25, -0.2) is 0 Å². The number of alkyl halides is 1. The molecule has 1 aromatic rings. The Morgan fingerprint density at radius 3 is 2.89 bits per heavy atom. The number of fused-ring (bicyclic) bond motifs is 1. The maximum atomic E-state index is 6.42. The van der Waals surface area contributed by atoms with Gasteiger partial charge in [-0.1, -0.05) is 24.3 Å². The molecule has 1 aliphatic carbocycles. The molecule has 0 aromatic heterocycles. The van der Waals surface area contributed by atoms with Crippen molar-refractivity contribution in [1.29, 1.82) is 0 Å². The normalized spacial score (nSPS) is 34.2. The van der Waals surface area contributed by atoms with Crippen LogP contribution in [0.4, 0.5) is 0 Å². The van der Waals surface area contributed by atoms with Gasteiger partial charge in [0.05, 0.1) is 12.2 Å². The third-order valence-corrected chi connectivity index (χ3v) is 5.40. The number of aryl methyl sites for hydroxylation is 1. The number of rotatable bonds is 3.